The Hall–Kier alpha value is -1.37. The molecule has 0 heterocycles. The first kappa shape index (κ1) is 11.6. The van der Waals surface area contributed by atoms with E-state index in [9.17, 15) is 9.59 Å². The third kappa shape index (κ3) is 4.26. The van der Waals surface area contributed by atoms with Crippen molar-refractivity contribution in [2.24, 2.45) is 11.8 Å². The Morgan fingerprint density at radius 3 is 2.69 bits per heavy atom. The predicted molar refractivity (Wildman–Crippen MR) is 45.6 cm³/mol. The molecule has 0 saturated carbocycles. The lowest BCUT2D eigenvalue weighted by atomic mass is 9.98. The smallest absolute Gasteiger partial charge is 0.323 e. The van der Waals surface area contributed by atoms with E-state index in [-0.39, 0.29) is 18.9 Å². The van der Waals surface area contributed by atoms with Crippen LogP contribution in [0.1, 0.15) is 20.3 Å². The second-order valence-corrected chi connectivity index (χ2v) is 2.78. The van der Waals surface area contributed by atoms with E-state index in [2.05, 4.69) is 4.74 Å². The van der Waals surface area contributed by atoms with E-state index in [0.29, 0.717) is 0 Å². The number of hydrogen-bond donors (Lipinski definition) is 0. The summed E-state index contributed by atoms with van der Waals surface area (Å²) in [6.45, 7) is 3.60. The summed E-state index contributed by atoms with van der Waals surface area (Å²) in [4.78, 5) is 21.3. The number of aldehydes is 1. The van der Waals surface area contributed by atoms with E-state index in [1.807, 2.05) is 6.07 Å². The molecule has 2 atom stereocenters. The predicted octanol–water partition coefficient (Wildman–Crippen LogP) is 0.914. The van der Waals surface area contributed by atoms with Crippen LogP contribution in [0.2, 0.25) is 0 Å². The van der Waals surface area contributed by atoms with Crippen LogP contribution in [0, 0.1) is 23.2 Å². The molecule has 2 unspecified atom stereocenters. The molecular weight excluding hydrogens is 170 g/mol. The molecule has 0 aromatic rings. The van der Waals surface area contributed by atoms with Gasteiger partial charge in [0.15, 0.2) is 0 Å². The van der Waals surface area contributed by atoms with Crippen LogP contribution in [-0.4, -0.2) is 18.9 Å². The summed E-state index contributed by atoms with van der Waals surface area (Å²) in [7, 11) is 0. The van der Waals surface area contributed by atoms with E-state index in [1.165, 1.54) is 0 Å². The third-order valence-electron chi connectivity index (χ3n) is 1.57. The summed E-state index contributed by atoms with van der Waals surface area (Å²) < 4.78 is 4.66. The molecule has 0 spiro atoms. The molecule has 0 aliphatic carbocycles. The summed E-state index contributed by atoms with van der Waals surface area (Å²) in [5.74, 6) is -1.65. The zero-order valence-electron chi connectivity index (χ0n) is 7.82. The topological polar surface area (TPSA) is 67.2 Å². The van der Waals surface area contributed by atoms with Gasteiger partial charge in [-0.05, 0) is 13.3 Å². The molecular formula is C9H13NO3. The number of esters is 1. The maximum Gasteiger partial charge on any atom is 0.323 e. The second-order valence-electron chi connectivity index (χ2n) is 2.78. The Bertz CT molecular complexity index is 219. The van der Waals surface area contributed by atoms with Gasteiger partial charge in [0.25, 0.3) is 0 Å². The Balaban J connectivity index is 4.11. The van der Waals surface area contributed by atoms with Crippen molar-refractivity contribution in [1.82, 2.24) is 0 Å². The van der Waals surface area contributed by atoms with Gasteiger partial charge in [0.1, 0.15) is 12.2 Å². The lowest BCUT2D eigenvalue weighted by Crippen LogP contribution is -2.19. The first-order valence-electron chi connectivity index (χ1n) is 4.17. The summed E-state index contributed by atoms with van der Waals surface area (Å²) >= 11 is 0. The molecule has 4 nitrogen and oxygen atoms in total. The highest BCUT2D eigenvalue weighted by Crippen LogP contribution is 2.11. The molecule has 0 aliphatic heterocycles. The van der Waals surface area contributed by atoms with Crippen LogP contribution in [0.15, 0.2) is 0 Å². The quantitative estimate of drug-likeness (QED) is 0.469. The molecule has 0 amide bonds. The second kappa shape index (κ2) is 6.18. The van der Waals surface area contributed by atoms with Gasteiger partial charge in [0.05, 0.1) is 12.7 Å². The summed E-state index contributed by atoms with van der Waals surface area (Å²) in [5.41, 5.74) is 0. The Kier molecular flexibility index (Phi) is 5.53. The maximum absolute atomic E-state index is 11.1. The van der Waals surface area contributed by atoms with Crippen LogP contribution < -0.4 is 0 Å². The fourth-order valence-corrected chi connectivity index (χ4v) is 0.872. The molecule has 0 rings (SSSR count). The van der Waals surface area contributed by atoms with E-state index in [0.717, 1.165) is 6.29 Å². The van der Waals surface area contributed by atoms with Crippen LogP contribution in [0.3, 0.4) is 0 Å². The van der Waals surface area contributed by atoms with Crippen molar-refractivity contribution in [3.8, 4) is 6.07 Å². The lowest BCUT2D eigenvalue weighted by Gasteiger charge is -2.09. The zero-order chi connectivity index (χ0) is 10.3. The minimum atomic E-state index is -0.819. The summed E-state index contributed by atoms with van der Waals surface area (Å²) in [5, 5.41) is 8.60. The minimum Gasteiger partial charge on any atom is -0.465 e. The molecule has 0 saturated heterocycles. The number of nitriles is 1. The van der Waals surface area contributed by atoms with Crippen LogP contribution in [-0.2, 0) is 14.3 Å². The standard InChI is InChI=1S/C9H13NO3/c1-3-13-9(12)8(5-10)4-7(2)6-11/h6-8H,3-4H2,1-2H3. The molecule has 4 heteroatoms. The van der Waals surface area contributed by atoms with Crippen molar-refractivity contribution in [2.75, 3.05) is 6.61 Å². The number of hydrogen-bond acceptors (Lipinski definition) is 4. The molecule has 0 aromatic heterocycles. The Labute approximate surface area is 77.5 Å². The third-order valence-corrected chi connectivity index (χ3v) is 1.57. The van der Waals surface area contributed by atoms with Crippen molar-refractivity contribution in [3.63, 3.8) is 0 Å². The number of ether oxygens (including phenoxy) is 1. The van der Waals surface area contributed by atoms with Crippen molar-refractivity contribution < 1.29 is 14.3 Å². The fourth-order valence-electron chi connectivity index (χ4n) is 0.872. The van der Waals surface area contributed by atoms with Gasteiger partial charge < -0.3 is 9.53 Å². The molecule has 0 radical (unpaired) electrons. The SMILES string of the molecule is CCOC(=O)C(C#N)CC(C)C=O. The first-order valence-corrected chi connectivity index (χ1v) is 4.17. The molecule has 13 heavy (non-hydrogen) atoms. The van der Waals surface area contributed by atoms with Crippen molar-refractivity contribution in [2.45, 2.75) is 20.3 Å². The first-order chi connectivity index (χ1) is 6.15. The highest BCUT2D eigenvalue weighted by molar-refractivity contribution is 5.75. The highest BCUT2D eigenvalue weighted by Gasteiger charge is 2.21. The lowest BCUT2D eigenvalue weighted by molar-refractivity contribution is -0.146. The normalized spacial score (nSPS) is 13.9. The van der Waals surface area contributed by atoms with Gasteiger partial charge in [-0.3, -0.25) is 4.79 Å². The van der Waals surface area contributed by atoms with Gasteiger partial charge in [-0.25, -0.2) is 0 Å². The van der Waals surface area contributed by atoms with E-state index in [4.69, 9.17) is 5.26 Å². The molecule has 0 aromatic carbocycles. The largest absolute Gasteiger partial charge is 0.465 e. The summed E-state index contributed by atoms with van der Waals surface area (Å²) in [6.07, 6.45) is 0.961. The average Bonchev–Trinajstić information content (AvgIpc) is 2.14. The average molecular weight is 183 g/mol. The fraction of sp³-hybridized carbons (Fsp3) is 0.667. The number of rotatable bonds is 5. The van der Waals surface area contributed by atoms with Gasteiger partial charge in [-0.15, -0.1) is 0 Å². The van der Waals surface area contributed by atoms with Crippen molar-refractivity contribution in [1.29, 1.82) is 5.26 Å². The van der Waals surface area contributed by atoms with Crippen LogP contribution in [0.5, 0.6) is 0 Å². The van der Waals surface area contributed by atoms with Crippen molar-refractivity contribution >= 4 is 12.3 Å². The van der Waals surface area contributed by atoms with Crippen LogP contribution >= 0.6 is 0 Å². The van der Waals surface area contributed by atoms with E-state index < -0.39 is 11.9 Å². The molecule has 0 bridgehead atoms. The minimum absolute atomic E-state index is 0.235. The van der Waals surface area contributed by atoms with Crippen molar-refractivity contribution in [3.05, 3.63) is 0 Å². The van der Waals surface area contributed by atoms with E-state index >= 15 is 0 Å². The van der Waals surface area contributed by atoms with Gasteiger partial charge >= 0.3 is 5.97 Å². The van der Waals surface area contributed by atoms with Crippen LogP contribution in [0.4, 0.5) is 0 Å². The molecule has 72 valence electrons. The Morgan fingerprint density at radius 2 is 2.31 bits per heavy atom. The zero-order valence-corrected chi connectivity index (χ0v) is 7.82. The number of carbonyl (C=O) groups excluding carboxylic acids is 2. The van der Waals surface area contributed by atoms with E-state index in [1.54, 1.807) is 13.8 Å². The van der Waals surface area contributed by atoms with Crippen LogP contribution in [0.25, 0.3) is 0 Å². The number of carbonyl (C=O) groups is 2. The van der Waals surface area contributed by atoms with Gasteiger partial charge in [-0.2, -0.15) is 5.26 Å². The van der Waals surface area contributed by atoms with Gasteiger partial charge in [-0.1, -0.05) is 6.92 Å². The highest BCUT2D eigenvalue weighted by atomic mass is 16.5. The molecule has 0 fully saturated rings. The monoisotopic (exact) mass is 183 g/mol. The maximum atomic E-state index is 11.1. The summed E-state index contributed by atoms with van der Waals surface area (Å²) in [6, 6.07) is 1.82. The Morgan fingerprint density at radius 1 is 1.69 bits per heavy atom. The van der Waals surface area contributed by atoms with Gasteiger partial charge in [0, 0.05) is 5.92 Å². The van der Waals surface area contributed by atoms with Gasteiger partial charge in [0.2, 0.25) is 0 Å². The molecule has 0 N–H and O–H groups in total. The number of nitrogens with zero attached hydrogens (tertiary/aromatic N) is 1. The molecule has 0 aliphatic rings.